The summed E-state index contributed by atoms with van der Waals surface area (Å²) in [5, 5.41) is 3.63. The Bertz CT molecular complexity index is 319. The van der Waals surface area contributed by atoms with E-state index in [0.29, 0.717) is 6.04 Å². The van der Waals surface area contributed by atoms with Gasteiger partial charge in [-0.15, -0.1) is 0 Å². The van der Waals surface area contributed by atoms with Crippen LogP contribution in [-0.4, -0.2) is 23.8 Å². The molecule has 15 heavy (non-hydrogen) atoms. The van der Waals surface area contributed by atoms with Gasteiger partial charge >= 0.3 is 0 Å². The molecule has 1 unspecified atom stereocenters. The number of para-hydroxylation sites is 1. The Kier molecular flexibility index (Phi) is 3.61. The minimum absolute atomic E-state index is 0.642. The van der Waals surface area contributed by atoms with Gasteiger partial charge in [-0.1, -0.05) is 27.6 Å². The van der Waals surface area contributed by atoms with Gasteiger partial charge in [0.15, 0.2) is 0 Å². The Balaban J connectivity index is 1.95. The second-order valence-corrected chi connectivity index (χ2v) is 5.00. The summed E-state index contributed by atoms with van der Waals surface area (Å²) in [5.74, 6) is 0. The van der Waals surface area contributed by atoms with Gasteiger partial charge in [-0.25, -0.2) is 0 Å². The minimum Gasteiger partial charge on any atom is -0.382 e. The summed E-state index contributed by atoms with van der Waals surface area (Å²) < 4.78 is 2.32. The van der Waals surface area contributed by atoms with Crippen LogP contribution in [0.5, 0.6) is 0 Å². The molecule has 0 saturated carbocycles. The third kappa shape index (κ3) is 2.93. The fourth-order valence-corrected chi connectivity index (χ4v) is 2.30. The molecule has 0 amide bonds. The summed E-state index contributed by atoms with van der Waals surface area (Å²) in [6, 6.07) is 9.16. The van der Waals surface area contributed by atoms with E-state index in [1.165, 1.54) is 37.2 Å². The lowest BCUT2D eigenvalue weighted by Gasteiger charge is -2.30. The van der Waals surface area contributed by atoms with Crippen LogP contribution in [0.15, 0.2) is 24.3 Å². The lowest BCUT2D eigenvalue weighted by molar-refractivity contribution is 0.357. The molecular weight excluding hydrogens is 203 g/mol. The summed E-state index contributed by atoms with van der Waals surface area (Å²) in [6.45, 7) is 4.51. The largest absolute Gasteiger partial charge is 0.382 e. The predicted octanol–water partition coefficient (Wildman–Crippen LogP) is 2.66. The molecule has 1 heterocycles. The molecule has 1 fully saturated rings. The fourth-order valence-electron chi connectivity index (χ4n) is 2.00. The quantitative estimate of drug-likeness (QED) is 0.774. The molecule has 0 aromatic heterocycles. The number of aryl methyl sites for hydroxylation is 1. The van der Waals surface area contributed by atoms with Crippen molar-refractivity contribution in [3.8, 4) is 0 Å². The second-order valence-electron chi connectivity index (χ2n) is 4.27. The van der Waals surface area contributed by atoms with Gasteiger partial charge in [0.05, 0.1) is 0 Å². The normalized spacial score (nSPS) is 19.1. The maximum atomic E-state index is 3.63. The molecule has 1 aromatic carbocycles. The summed E-state index contributed by atoms with van der Waals surface area (Å²) in [5.41, 5.74) is 2.63. The molecule has 0 aliphatic carbocycles. The number of anilines is 1. The number of rotatable bonds is 2. The summed E-state index contributed by atoms with van der Waals surface area (Å²) in [7, 11) is 2.79. The molecule has 1 saturated heterocycles. The smallest absolute Gasteiger partial charge is 0.0372 e. The van der Waals surface area contributed by atoms with Crippen LogP contribution in [0.25, 0.3) is 0 Å². The molecule has 0 spiro atoms. The van der Waals surface area contributed by atoms with Crippen molar-refractivity contribution in [1.29, 1.82) is 0 Å². The van der Waals surface area contributed by atoms with E-state index >= 15 is 0 Å². The second kappa shape index (κ2) is 4.96. The van der Waals surface area contributed by atoms with Crippen LogP contribution in [-0.2, 0) is 0 Å². The van der Waals surface area contributed by atoms with E-state index in [-0.39, 0.29) is 0 Å². The molecule has 2 rings (SSSR count). The SMILES string of the molecule is Cc1ccccc1NC1CCN(P)CC1. The van der Waals surface area contributed by atoms with Crippen molar-refractivity contribution in [2.24, 2.45) is 0 Å². The number of hydrogen-bond donors (Lipinski definition) is 1. The molecule has 1 aliphatic rings. The topological polar surface area (TPSA) is 15.3 Å². The highest BCUT2D eigenvalue weighted by Crippen LogP contribution is 2.20. The molecule has 0 bridgehead atoms. The van der Waals surface area contributed by atoms with Gasteiger partial charge < -0.3 is 5.32 Å². The molecule has 2 nitrogen and oxygen atoms in total. The number of nitrogens with zero attached hydrogens (tertiary/aromatic N) is 1. The Hall–Kier alpha value is -0.590. The highest BCUT2D eigenvalue weighted by Gasteiger charge is 2.16. The summed E-state index contributed by atoms with van der Waals surface area (Å²) in [4.78, 5) is 0. The number of hydrogen-bond acceptors (Lipinski definition) is 2. The van der Waals surface area contributed by atoms with E-state index in [4.69, 9.17) is 0 Å². The van der Waals surface area contributed by atoms with E-state index in [9.17, 15) is 0 Å². The third-order valence-electron chi connectivity index (χ3n) is 3.03. The van der Waals surface area contributed by atoms with Crippen LogP contribution in [0.3, 0.4) is 0 Å². The zero-order valence-corrected chi connectivity index (χ0v) is 10.4. The van der Waals surface area contributed by atoms with Gasteiger partial charge in [-0.05, 0) is 31.4 Å². The van der Waals surface area contributed by atoms with Crippen LogP contribution in [0.1, 0.15) is 18.4 Å². The standard InChI is InChI=1S/C12H19N2P/c1-10-4-2-3-5-12(10)13-11-6-8-14(15)9-7-11/h2-5,11,13H,6-9,15H2,1H3. The highest BCUT2D eigenvalue weighted by molar-refractivity contribution is 7.13. The number of nitrogens with one attached hydrogen (secondary N) is 1. The highest BCUT2D eigenvalue weighted by atomic mass is 31.0. The average Bonchev–Trinajstić information content (AvgIpc) is 2.25. The van der Waals surface area contributed by atoms with Crippen LogP contribution in [0.4, 0.5) is 5.69 Å². The molecule has 1 aliphatic heterocycles. The van der Waals surface area contributed by atoms with Crippen molar-refractivity contribution in [2.45, 2.75) is 25.8 Å². The lowest BCUT2D eigenvalue weighted by atomic mass is 10.1. The van der Waals surface area contributed by atoms with E-state index in [2.05, 4.69) is 50.6 Å². The summed E-state index contributed by atoms with van der Waals surface area (Å²) in [6.07, 6.45) is 2.47. The number of piperidine rings is 1. The van der Waals surface area contributed by atoms with Gasteiger partial charge in [0, 0.05) is 24.8 Å². The molecule has 1 atom stereocenters. The Morgan fingerprint density at radius 3 is 2.60 bits per heavy atom. The third-order valence-corrected chi connectivity index (χ3v) is 3.55. The molecule has 1 N–H and O–H groups in total. The maximum absolute atomic E-state index is 3.63. The Morgan fingerprint density at radius 2 is 1.93 bits per heavy atom. The predicted molar refractivity (Wildman–Crippen MR) is 69.1 cm³/mol. The molecule has 1 aromatic rings. The van der Waals surface area contributed by atoms with Crippen molar-refractivity contribution in [2.75, 3.05) is 18.4 Å². The van der Waals surface area contributed by atoms with Crippen molar-refractivity contribution in [3.63, 3.8) is 0 Å². The van der Waals surface area contributed by atoms with Crippen LogP contribution in [0, 0.1) is 6.92 Å². The van der Waals surface area contributed by atoms with Gasteiger partial charge in [0.2, 0.25) is 0 Å². The van der Waals surface area contributed by atoms with Crippen molar-refractivity contribution >= 4 is 15.1 Å². The average molecular weight is 222 g/mol. The van der Waals surface area contributed by atoms with Gasteiger partial charge in [-0.3, -0.25) is 4.67 Å². The molecular formula is C12H19N2P. The van der Waals surface area contributed by atoms with Crippen LogP contribution in [0.2, 0.25) is 0 Å². The first-order valence-corrected chi connectivity index (χ1v) is 6.09. The first-order valence-electron chi connectivity index (χ1n) is 5.57. The zero-order chi connectivity index (χ0) is 10.7. The van der Waals surface area contributed by atoms with E-state index < -0.39 is 0 Å². The molecule has 82 valence electrons. The van der Waals surface area contributed by atoms with E-state index in [0.717, 1.165) is 0 Å². The van der Waals surface area contributed by atoms with Crippen molar-refractivity contribution in [1.82, 2.24) is 4.67 Å². The molecule has 0 radical (unpaired) electrons. The lowest BCUT2D eigenvalue weighted by Crippen LogP contribution is -2.34. The first kappa shape index (κ1) is 10.9. The maximum Gasteiger partial charge on any atom is 0.0372 e. The van der Waals surface area contributed by atoms with Crippen LogP contribution >= 0.6 is 9.39 Å². The van der Waals surface area contributed by atoms with Crippen molar-refractivity contribution in [3.05, 3.63) is 29.8 Å². The van der Waals surface area contributed by atoms with Crippen LogP contribution < -0.4 is 5.32 Å². The minimum atomic E-state index is 0.642. The van der Waals surface area contributed by atoms with Gasteiger partial charge in [-0.2, -0.15) is 0 Å². The van der Waals surface area contributed by atoms with Crippen molar-refractivity contribution < 1.29 is 0 Å². The molecule has 3 heteroatoms. The summed E-state index contributed by atoms with van der Waals surface area (Å²) >= 11 is 0. The monoisotopic (exact) mass is 222 g/mol. The first-order chi connectivity index (χ1) is 7.25. The van der Waals surface area contributed by atoms with E-state index in [1.807, 2.05) is 0 Å². The zero-order valence-electron chi connectivity index (χ0n) is 9.24. The fraction of sp³-hybridized carbons (Fsp3) is 0.500. The van der Waals surface area contributed by atoms with Gasteiger partial charge in [0.25, 0.3) is 0 Å². The van der Waals surface area contributed by atoms with E-state index in [1.54, 1.807) is 0 Å². The number of benzene rings is 1. The Morgan fingerprint density at radius 1 is 1.27 bits per heavy atom. The van der Waals surface area contributed by atoms with Gasteiger partial charge in [0.1, 0.15) is 0 Å². The Labute approximate surface area is 94.3 Å².